The summed E-state index contributed by atoms with van der Waals surface area (Å²) in [6, 6.07) is 3.18. The summed E-state index contributed by atoms with van der Waals surface area (Å²) in [6.45, 7) is 1.52. The molecule has 0 aromatic heterocycles. The Labute approximate surface area is 106 Å². The highest BCUT2D eigenvalue weighted by molar-refractivity contribution is 5.44. The minimum Gasteiger partial charge on any atom is -0.505 e. The fraction of sp³-hybridized carbons (Fsp3) is 0.538. The average Bonchev–Trinajstić information content (AvgIpc) is 2.74. The molecule has 4 nitrogen and oxygen atoms in total. The molecule has 0 radical (unpaired) electrons. The third kappa shape index (κ3) is 2.15. The van der Waals surface area contributed by atoms with Gasteiger partial charge in [-0.05, 0) is 38.1 Å². The second-order valence-electron chi connectivity index (χ2n) is 4.81. The Hall–Kier alpha value is -1.33. The van der Waals surface area contributed by atoms with Crippen LogP contribution in [0.3, 0.4) is 0 Å². The number of nitrogens with two attached hydrogens (primary N) is 1. The van der Waals surface area contributed by atoms with Crippen LogP contribution in [0.25, 0.3) is 0 Å². The smallest absolute Gasteiger partial charge is 0.206 e. The molecular weight excluding hydrogens is 235 g/mol. The quantitative estimate of drug-likeness (QED) is 0.858. The highest BCUT2D eigenvalue weighted by atomic mass is 19.1. The second kappa shape index (κ2) is 5.12. The van der Waals surface area contributed by atoms with Crippen molar-refractivity contribution in [1.29, 1.82) is 0 Å². The van der Waals surface area contributed by atoms with E-state index >= 15 is 0 Å². The molecule has 18 heavy (non-hydrogen) atoms. The van der Waals surface area contributed by atoms with Crippen LogP contribution in [0.1, 0.15) is 18.0 Å². The number of phenols is 1. The maximum atomic E-state index is 13.8. The summed E-state index contributed by atoms with van der Waals surface area (Å²) >= 11 is 0. The van der Waals surface area contributed by atoms with Crippen LogP contribution in [0.15, 0.2) is 12.1 Å². The molecule has 1 heterocycles. The van der Waals surface area contributed by atoms with Crippen LogP contribution in [0.5, 0.6) is 11.5 Å². The number of benzene rings is 1. The third-order valence-corrected chi connectivity index (χ3v) is 3.64. The van der Waals surface area contributed by atoms with Gasteiger partial charge >= 0.3 is 0 Å². The first-order valence-electron chi connectivity index (χ1n) is 6.04. The van der Waals surface area contributed by atoms with Crippen molar-refractivity contribution in [2.24, 2.45) is 11.7 Å². The van der Waals surface area contributed by atoms with Gasteiger partial charge in [0.1, 0.15) is 0 Å². The molecule has 3 N–H and O–H groups in total. The van der Waals surface area contributed by atoms with Gasteiger partial charge < -0.3 is 15.6 Å². The zero-order valence-corrected chi connectivity index (χ0v) is 10.7. The van der Waals surface area contributed by atoms with Gasteiger partial charge in [0.15, 0.2) is 11.5 Å². The fourth-order valence-corrected chi connectivity index (χ4v) is 2.67. The Balaban J connectivity index is 2.36. The largest absolute Gasteiger partial charge is 0.505 e. The van der Waals surface area contributed by atoms with Crippen molar-refractivity contribution >= 4 is 0 Å². The number of phenolic OH excluding ortho intramolecular Hbond substituents is 1. The summed E-state index contributed by atoms with van der Waals surface area (Å²) in [4.78, 5) is 2.14. The molecular formula is C13H19FN2O2. The number of hydrogen-bond acceptors (Lipinski definition) is 4. The molecule has 2 unspecified atom stereocenters. The lowest BCUT2D eigenvalue weighted by Crippen LogP contribution is -2.21. The van der Waals surface area contributed by atoms with Crippen LogP contribution in [0, 0.1) is 11.7 Å². The molecule has 0 aliphatic carbocycles. The molecule has 1 aromatic rings. The monoisotopic (exact) mass is 254 g/mol. The van der Waals surface area contributed by atoms with Gasteiger partial charge in [0.2, 0.25) is 5.82 Å². The van der Waals surface area contributed by atoms with E-state index in [1.165, 1.54) is 13.2 Å². The van der Waals surface area contributed by atoms with Crippen molar-refractivity contribution in [3.63, 3.8) is 0 Å². The Bertz CT molecular complexity index is 439. The topological polar surface area (TPSA) is 58.7 Å². The highest BCUT2D eigenvalue weighted by Gasteiger charge is 2.32. The normalized spacial score (nSPS) is 24.4. The van der Waals surface area contributed by atoms with Gasteiger partial charge in [-0.2, -0.15) is 4.39 Å². The van der Waals surface area contributed by atoms with E-state index in [0.29, 0.717) is 12.5 Å². The van der Waals surface area contributed by atoms with Crippen LogP contribution in [-0.4, -0.2) is 37.3 Å². The molecule has 0 bridgehead atoms. The molecule has 0 saturated carbocycles. The standard InChI is InChI=1S/C13H19FN2O2/c1-16-7-8(6-15)5-10(16)9-3-4-11(17)12(14)13(9)18-2/h3-4,8,10,17H,5-7,15H2,1-2H3. The summed E-state index contributed by atoms with van der Waals surface area (Å²) in [5.74, 6) is -0.530. The number of aromatic hydroxyl groups is 1. The molecule has 0 spiro atoms. The van der Waals surface area contributed by atoms with Gasteiger partial charge in [-0.3, -0.25) is 4.90 Å². The van der Waals surface area contributed by atoms with Gasteiger partial charge in [0.25, 0.3) is 0 Å². The SMILES string of the molecule is COc1c(C2CC(CN)CN2C)ccc(O)c1F. The first kappa shape index (κ1) is 13.1. The number of hydrogen-bond donors (Lipinski definition) is 2. The lowest BCUT2D eigenvalue weighted by molar-refractivity contribution is 0.295. The highest BCUT2D eigenvalue weighted by Crippen LogP contribution is 2.41. The van der Waals surface area contributed by atoms with E-state index in [-0.39, 0.29) is 17.5 Å². The van der Waals surface area contributed by atoms with Gasteiger partial charge in [0, 0.05) is 18.2 Å². The van der Waals surface area contributed by atoms with Crippen molar-refractivity contribution in [3.8, 4) is 11.5 Å². The molecule has 1 fully saturated rings. The van der Waals surface area contributed by atoms with E-state index in [4.69, 9.17) is 10.5 Å². The van der Waals surface area contributed by atoms with Crippen molar-refractivity contribution in [2.45, 2.75) is 12.5 Å². The van der Waals surface area contributed by atoms with Crippen LogP contribution in [0.4, 0.5) is 4.39 Å². The molecule has 1 aliphatic rings. The lowest BCUT2D eigenvalue weighted by Gasteiger charge is -2.22. The zero-order chi connectivity index (χ0) is 13.3. The van der Waals surface area contributed by atoms with Crippen molar-refractivity contribution < 1.29 is 14.2 Å². The number of rotatable bonds is 3. The Kier molecular flexibility index (Phi) is 3.73. The van der Waals surface area contributed by atoms with Crippen molar-refractivity contribution in [3.05, 3.63) is 23.5 Å². The van der Waals surface area contributed by atoms with E-state index in [1.807, 2.05) is 7.05 Å². The summed E-state index contributed by atoms with van der Waals surface area (Å²) in [5.41, 5.74) is 6.46. The zero-order valence-electron chi connectivity index (χ0n) is 10.7. The first-order valence-corrected chi connectivity index (χ1v) is 6.04. The van der Waals surface area contributed by atoms with Crippen LogP contribution < -0.4 is 10.5 Å². The summed E-state index contributed by atoms with van der Waals surface area (Å²) < 4.78 is 18.9. The van der Waals surface area contributed by atoms with Crippen LogP contribution in [-0.2, 0) is 0 Å². The summed E-state index contributed by atoms with van der Waals surface area (Å²) in [5, 5.41) is 9.37. The van der Waals surface area contributed by atoms with Crippen LogP contribution >= 0.6 is 0 Å². The maximum absolute atomic E-state index is 13.8. The van der Waals surface area contributed by atoms with E-state index in [2.05, 4.69) is 4.90 Å². The first-order chi connectivity index (χ1) is 8.58. The third-order valence-electron chi connectivity index (χ3n) is 3.64. The molecule has 100 valence electrons. The number of likely N-dealkylation sites (tertiary alicyclic amines) is 1. The van der Waals surface area contributed by atoms with E-state index in [1.54, 1.807) is 6.07 Å². The summed E-state index contributed by atoms with van der Waals surface area (Å²) in [7, 11) is 3.40. The molecule has 0 amide bonds. The maximum Gasteiger partial charge on any atom is 0.206 e. The minimum atomic E-state index is -0.695. The average molecular weight is 254 g/mol. The number of nitrogens with zero attached hydrogens (tertiary/aromatic N) is 1. The number of halogens is 1. The Morgan fingerprint density at radius 1 is 1.56 bits per heavy atom. The van der Waals surface area contributed by atoms with Crippen LogP contribution in [0.2, 0.25) is 0 Å². The predicted octanol–water partition coefficient (Wildman–Crippen LogP) is 1.49. The number of ether oxygens (including phenoxy) is 1. The second-order valence-corrected chi connectivity index (χ2v) is 4.81. The molecule has 2 rings (SSSR count). The van der Waals surface area contributed by atoms with E-state index < -0.39 is 5.82 Å². The Morgan fingerprint density at radius 2 is 2.28 bits per heavy atom. The minimum absolute atomic E-state index is 0.0867. The van der Waals surface area contributed by atoms with Gasteiger partial charge in [-0.1, -0.05) is 0 Å². The molecule has 1 aromatic carbocycles. The summed E-state index contributed by atoms with van der Waals surface area (Å²) in [6.07, 6.45) is 0.883. The number of methoxy groups -OCH3 is 1. The fourth-order valence-electron chi connectivity index (χ4n) is 2.67. The molecule has 2 atom stereocenters. The molecule has 1 saturated heterocycles. The van der Waals surface area contributed by atoms with Gasteiger partial charge in [-0.25, -0.2) is 0 Å². The Morgan fingerprint density at radius 3 is 2.83 bits per heavy atom. The van der Waals surface area contributed by atoms with E-state index in [9.17, 15) is 9.50 Å². The molecule has 5 heteroatoms. The van der Waals surface area contributed by atoms with E-state index in [0.717, 1.165) is 18.5 Å². The van der Waals surface area contributed by atoms with Gasteiger partial charge in [-0.15, -0.1) is 0 Å². The molecule has 1 aliphatic heterocycles. The predicted molar refractivity (Wildman–Crippen MR) is 67.1 cm³/mol. The van der Waals surface area contributed by atoms with Crippen molar-refractivity contribution in [2.75, 3.05) is 27.2 Å². The van der Waals surface area contributed by atoms with Gasteiger partial charge in [0.05, 0.1) is 7.11 Å². The lowest BCUT2D eigenvalue weighted by atomic mass is 9.98. The van der Waals surface area contributed by atoms with Crippen molar-refractivity contribution in [1.82, 2.24) is 4.90 Å².